The molecular formula is C6H9NO2S. The fourth-order valence-electron chi connectivity index (χ4n) is 0.775. The van der Waals surface area contributed by atoms with Crippen molar-refractivity contribution in [2.45, 2.75) is 6.42 Å². The Kier molecular flexibility index (Phi) is 1.97. The van der Waals surface area contributed by atoms with E-state index in [9.17, 15) is 8.42 Å². The Morgan fingerprint density at radius 1 is 1.40 bits per heavy atom. The van der Waals surface area contributed by atoms with Crippen LogP contribution in [0.1, 0.15) is 6.42 Å². The SMILES string of the molecule is CS(=O)(=O)N1CC#CCC1. The third-order valence-electron chi connectivity index (χ3n) is 1.34. The largest absolute Gasteiger partial charge is 0.212 e. The Morgan fingerprint density at radius 2 is 2.10 bits per heavy atom. The minimum atomic E-state index is -3.00. The Balaban J connectivity index is 2.72. The summed E-state index contributed by atoms with van der Waals surface area (Å²) in [4.78, 5) is 0. The lowest BCUT2D eigenvalue weighted by atomic mass is 10.3. The van der Waals surface area contributed by atoms with Gasteiger partial charge >= 0.3 is 0 Å². The first kappa shape index (κ1) is 7.58. The first-order valence-electron chi connectivity index (χ1n) is 3.01. The monoisotopic (exact) mass is 159 g/mol. The van der Waals surface area contributed by atoms with Crippen molar-refractivity contribution < 1.29 is 8.42 Å². The predicted molar refractivity (Wildman–Crippen MR) is 38.8 cm³/mol. The maximum absolute atomic E-state index is 10.8. The van der Waals surface area contributed by atoms with Crippen molar-refractivity contribution in [3.05, 3.63) is 0 Å². The summed E-state index contributed by atoms with van der Waals surface area (Å²) in [5, 5.41) is 0. The van der Waals surface area contributed by atoms with E-state index in [0.717, 1.165) is 0 Å². The highest BCUT2D eigenvalue weighted by molar-refractivity contribution is 7.88. The van der Waals surface area contributed by atoms with E-state index in [-0.39, 0.29) is 0 Å². The molecule has 1 aliphatic heterocycles. The molecule has 0 spiro atoms. The highest BCUT2D eigenvalue weighted by Gasteiger charge is 2.15. The second kappa shape index (κ2) is 2.60. The Hall–Kier alpha value is -0.530. The van der Waals surface area contributed by atoms with Crippen LogP contribution in [0, 0.1) is 11.8 Å². The van der Waals surface area contributed by atoms with E-state index in [4.69, 9.17) is 0 Å². The average Bonchev–Trinajstić information content (AvgIpc) is 1.88. The van der Waals surface area contributed by atoms with E-state index < -0.39 is 10.0 Å². The van der Waals surface area contributed by atoms with Crippen LogP contribution in [0.25, 0.3) is 0 Å². The number of rotatable bonds is 1. The zero-order valence-corrected chi connectivity index (χ0v) is 6.61. The van der Waals surface area contributed by atoms with Crippen LogP contribution in [0.5, 0.6) is 0 Å². The first-order valence-corrected chi connectivity index (χ1v) is 4.86. The molecule has 0 aromatic carbocycles. The summed E-state index contributed by atoms with van der Waals surface area (Å²) in [6.45, 7) is 0.907. The maximum atomic E-state index is 10.8. The van der Waals surface area contributed by atoms with Gasteiger partial charge in [0.15, 0.2) is 0 Å². The van der Waals surface area contributed by atoms with Crippen molar-refractivity contribution in [2.75, 3.05) is 19.3 Å². The lowest BCUT2D eigenvalue weighted by Gasteiger charge is -2.17. The first-order chi connectivity index (χ1) is 4.61. The van der Waals surface area contributed by atoms with Crippen molar-refractivity contribution >= 4 is 10.0 Å². The van der Waals surface area contributed by atoms with Crippen molar-refractivity contribution in [3.63, 3.8) is 0 Å². The molecule has 0 amide bonds. The molecule has 0 fully saturated rings. The molecule has 0 atom stereocenters. The summed E-state index contributed by atoms with van der Waals surface area (Å²) in [5.74, 6) is 5.57. The van der Waals surface area contributed by atoms with Crippen LogP contribution in [-0.2, 0) is 10.0 Å². The van der Waals surface area contributed by atoms with Crippen molar-refractivity contribution in [3.8, 4) is 11.8 Å². The van der Waals surface area contributed by atoms with Crippen LogP contribution in [0.15, 0.2) is 0 Å². The molecule has 4 heteroatoms. The summed E-state index contributed by atoms with van der Waals surface area (Å²) in [5.41, 5.74) is 0. The number of nitrogens with zero attached hydrogens (tertiary/aromatic N) is 1. The minimum absolute atomic E-state index is 0.360. The summed E-state index contributed by atoms with van der Waals surface area (Å²) in [6, 6.07) is 0. The Labute approximate surface area is 61.1 Å². The second-order valence-electron chi connectivity index (χ2n) is 2.20. The minimum Gasteiger partial charge on any atom is -0.212 e. The van der Waals surface area contributed by atoms with Gasteiger partial charge in [-0.1, -0.05) is 5.92 Å². The highest BCUT2D eigenvalue weighted by atomic mass is 32.2. The second-order valence-corrected chi connectivity index (χ2v) is 4.18. The Bertz CT molecular complexity index is 270. The van der Waals surface area contributed by atoms with Crippen molar-refractivity contribution in [2.24, 2.45) is 0 Å². The molecule has 0 saturated heterocycles. The van der Waals surface area contributed by atoms with Crippen LogP contribution in [0.2, 0.25) is 0 Å². The van der Waals surface area contributed by atoms with Crippen molar-refractivity contribution in [1.29, 1.82) is 0 Å². The van der Waals surface area contributed by atoms with Gasteiger partial charge in [0.1, 0.15) is 0 Å². The van der Waals surface area contributed by atoms with Gasteiger partial charge in [0.05, 0.1) is 12.8 Å². The number of hydrogen-bond acceptors (Lipinski definition) is 2. The molecule has 10 heavy (non-hydrogen) atoms. The fraction of sp³-hybridized carbons (Fsp3) is 0.667. The van der Waals surface area contributed by atoms with Crippen LogP contribution in [0.4, 0.5) is 0 Å². The smallest absolute Gasteiger partial charge is 0.212 e. The molecule has 0 saturated carbocycles. The van der Waals surface area contributed by atoms with E-state index in [1.807, 2.05) is 0 Å². The zero-order chi connectivity index (χ0) is 7.61. The molecule has 1 rings (SSSR count). The lowest BCUT2D eigenvalue weighted by molar-refractivity contribution is 0.453. The summed E-state index contributed by atoms with van der Waals surface area (Å²) in [7, 11) is -3.00. The third-order valence-corrected chi connectivity index (χ3v) is 2.59. The van der Waals surface area contributed by atoms with Gasteiger partial charge in [-0.15, -0.1) is 5.92 Å². The van der Waals surface area contributed by atoms with Crippen molar-refractivity contribution in [1.82, 2.24) is 4.31 Å². The van der Waals surface area contributed by atoms with E-state index in [1.165, 1.54) is 10.6 Å². The van der Waals surface area contributed by atoms with Gasteiger partial charge in [-0.2, -0.15) is 4.31 Å². The van der Waals surface area contributed by atoms with E-state index in [0.29, 0.717) is 19.5 Å². The van der Waals surface area contributed by atoms with Crippen LogP contribution < -0.4 is 0 Å². The number of hydrogen-bond donors (Lipinski definition) is 0. The summed E-state index contributed by atoms with van der Waals surface area (Å²) in [6.07, 6.45) is 1.87. The standard InChI is InChI=1S/C6H9NO2S/c1-10(8,9)7-5-3-2-4-6-7/h3,5-6H2,1H3. The Morgan fingerprint density at radius 3 is 2.40 bits per heavy atom. The topological polar surface area (TPSA) is 37.4 Å². The lowest BCUT2D eigenvalue weighted by Crippen LogP contribution is -2.32. The van der Waals surface area contributed by atoms with Crippen LogP contribution in [0.3, 0.4) is 0 Å². The molecule has 0 aromatic rings. The molecule has 0 bridgehead atoms. The maximum Gasteiger partial charge on any atom is 0.212 e. The molecule has 3 nitrogen and oxygen atoms in total. The normalized spacial score (nSPS) is 19.7. The molecule has 1 heterocycles. The average molecular weight is 159 g/mol. The molecule has 0 N–H and O–H groups in total. The van der Waals surface area contributed by atoms with Gasteiger partial charge in [0.25, 0.3) is 0 Å². The van der Waals surface area contributed by atoms with Gasteiger partial charge in [-0.3, -0.25) is 0 Å². The quantitative estimate of drug-likeness (QED) is 0.491. The van der Waals surface area contributed by atoms with Crippen LogP contribution in [-0.4, -0.2) is 32.1 Å². The number of sulfonamides is 1. The van der Waals surface area contributed by atoms with E-state index in [2.05, 4.69) is 11.8 Å². The predicted octanol–water partition coefficient (Wildman–Crippen LogP) is -0.345. The van der Waals surface area contributed by atoms with E-state index >= 15 is 0 Å². The van der Waals surface area contributed by atoms with Gasteiger partial charge in [0.2, 0.25) is 10.0 Å². The zero-order valence-electron chi connectivity index (χ0n) is 5.79. The van der Waals surface area contributed by atoms with Gasteiger partial charge in [-0.25, -0.2) is 8.42 Å². The highest BCUT2D eigenvalue weighted by Crippen LogP contribution is 2.00. The molecule has 0 unspecified atom stereocenters. The van der Waals surface area contributed by atoms with Gasteiger partial charge in [-0.05, 0) is 0 Å². The van der Waals surface area contributed by atoms with Gasteiger partial charge < -0.3 is 0 Å². The molecule has 0 aliphatic carbocycles. The van der Waals surface area contributed by atoms with Crippen LogP contribution >= 0.6 is 0 Å². The molecule has 0 radical (unpaired) electrons. The third kappa shape index (κ3) is 1.72. The molecular weight excluding hydrogens is 150 g/mol. The summed E-state index contributed by atoms with van der Waals surface area (Å²) < 4.78 is 23.1. The molecule has 56 valence electrons. The van der Waals surface area contributed by atoms with Gasteiger partial charge in [0, 0.05) is 13.0 Å². The summed E-state index contributed by atoms with van der Waals surface area (Å²) >= 11 is 0. The van der Waals surface area contributed by atoms with E-state index in [1.54, 1.807) is 0 Å². The molecule has 0 aromatic heterocycles. The molecule has 1 aliphatic rings. The fourth-order valence-corrected chi connectivity index (χ4v) is 1.50.